The second-order valence-electron chi connectivity index (χ2n) is 8.60. The molecule has 4 rings (SSSR count). The maximum atomic E-state index is 13.9. The molecule has 39 heavy (non-hydrogen) atoms. The van der Waals surface area contributed by atoms with Crippen LogP contribution in [0.25, 0.3) is 0 Å². The van der Waals surface area contributed by atoms with E-state index in [0.29, 0.717) is 33.4 Å². The summed E-state index contributed by atoms with van der Waals surface area (Å²) in [6.07, 6.45) is 1.52. The average Bonchev–Trinajstić information content (AvgIpc) is 3.68. The molecule has 0 saturated carbocycles. The number of benzene rings is 2. The Labute approximate surface area is 230 Å². The van der Waals surface area contributed by atoms with E-state index in [1.54, 1.807) is 60.0 Å². The van der Waals surface area contributed by atoms with E-state index in [1.165, 1.54) is 36.7 Å². The minimum Gasteiger partial charge on any atom is -0.497 e. The number of carbonyl (C=O) groups excluding carboxylic acids is 3. The first-order valence-corrected chi connectivity index (χ1v) is 13.0. The van der Waals surface area contributed by atoms with Crippen LogP contribution in [0.3, 0.4) is 0 Å². The van der Waals surface area contributed by atoms with Crippen LogP contribution < -0.4 is 25.0 Å². The summed E-state index contributed by atoms with van der Waals surface area (Å²) in [5, 5.41) is 7.33. The Hall–Kier alpha value is -4.57. The number of carbonyl (C=O) groups is 3. The highest BCUT2D eigenvalue weighted by Gasteiger charge is 2.33. The number of aryl methyl sites for hydroxylation is 1. The molecule has 0 saturated heterocycles. The van der Waals surface area contributed by atoms with Crippen molar-refractivity contribution in [3.63, 3.8) is 0 Å². The highest BCUT2D eigenvalue weighted by atomic mass is 32.1. The number of hydrogen-bond donors (Lipinski definition) is 2. The molecular formula is C29H29N3O6S. The molecule has 2 heterocycles. The Balaban J connectivity index is 1.74. The normalized spacial score (nSPS) is 11.4. The lowest BCUT2D eigenvalue weighted by Crippen LogP contribution is -2.47. The van der Waals surface area contributed by atoms with Crippen LogP contribution in [0.4, 0.5) is 5.69 Å². The number of rotatable bonds is 11. The van der Waals surface area contributed by atoms with E-state index in [1.807, 2.05) is 19.1 Å². The zero-order chi connectivity index (χ0) is 27.8. The van der Waals surface area contributed by atoms with Gasteiger partial charge >= 0.3 is 0 Å². The molecule has 0 spiro atoms. The number of anilines is 1. The summed E-state index contributed by atoms with van der Waals surface area (Å²) in [5.74, 6) is 0.113. The summed E-state index contributed by atoms with van der Waals surface area (Å²) in [7, 11) is 3.00. The van der Waals surface area contributed by atoms with Crippen LogP contribution in [-0.2, 0) is 16.1 Å². The van der Waals surface area contributed by atoms with Crippen LogP contribution >= 0.6 is 11.3 Å². The molecule has 4 aromatic rings. The van der Waals surface area contributed by atoms with Crippen molar-refractivity contribution in [3.05, 3.63) is 100 Å². The quantitative estimate of drug-likeness (QED) is 0.286. The van der Waals surface area contributed by atoms with Crippen molar-refractivity contribution < 1.29 is 28.3 Å². The van der Waals surface area contributed by atoms with Crippen molar-refractivity contribution in [1.29, 1.82) is 0 Å². The number of methoxy groups -OCH3 is 2. The fourth-order valence-electron chi connectivity index (χ4n) is 3.96. The summed E-state index contributed by atoms with van der Waals surface area (Å²) >= 11 is 1.27. The van der Waals surface area contributed by atoms with Crippen molar-refractivity contribution in [2.24, 2.45) is 0 Å². The van der Waals surface area contributed by atoms with Gasteiger partial charge in [0.15, 0.2) is 0 Å². The number of thiophene rings is 1. The lowest BCUT2D eigenvalue weighted by atomic mass is 10.0. The van der Waals surface area contributed by atoms with Crippen LogP contribution in [0, 0.1) is 6.92 Å². The minimum atomic E-state index is -1.08. The Morgan fingerprint density at radius 3 is 2.26 bits per heavy atom. The van der Waals surface area contributed by atoms with Crippen molar-refractivity contribution in [2.45, 2.75) is 19.5 Å². The Kier molecular flexibility index (Phi) is 9.01. The van der Waals surface area contributed by atoms with Gasteiger partial charge in [0.05, 0.1) is 44.1 Å². The van der Waals surface area contributed by atoms with Gasteiger partial charge in [-0.3, -0.25) is 19.3 Å². The summed E-state index contributed by atoms with van der Waals surface area (Å²) in [6, 6.07) is 18.1. The third kappa shape index (κ3) is 6.85. The molecular weight excluding hydrogens is 518 g/mol. The molecule has 0 aliphatic carbocycles. The second-order valence-corrected chi connectivity index (χ2v) is 9.55. The van der Waals surface area contributed by atoms with Crippen LogP contribution in [-0.4, -0.2) is 38.5 Å². The lowest BCUT2D eigenvalue weighted by molar-refractivity contribution is -0.126. The van der Waals surface area contributed by atoms with E-state index >= 15 is 0 Å². The molecule has 9 nitrogen and oxygen atoms in total. The summed E-state index contributed by atoms with van der Waals surface area (Å²) < 4.78 is 16.2. The Morgan fingerprint density at radius 1 is 0.949 bits per heavy atom. The van der Waals surface area contributed by atoms with Crippen molar-refractivity contribution in [2.75, 3.05) is 25.7 Å². The van der Waals surface area contributed by atoms with Gasteiger partial charge in [-0.05, 0) is 36.1 Å². The van der Waals surface area contributed by atoms with Gasteiger partial charge in [-0.1, -0.05) is 35.9 Å². The van der Waals surface area contributed by atoms with E-state index in [9.17, 15) is 14.4 Å². The van der Waals surface area contributed by atoms with Crippen molar-refractivity contribution in [1.82, 2.24) is 10.6 Å². The molecule has 2 aromatic heterocycles. The predicted octanol–water partition coefficient (Wildman–Crippen LogP) is 4.49. The second kappa shape index (κ2) is 12.8. The van der Waals surface area contributed by atoms with Gasteiger partial charge in [0.1, 0.15) is 23.3 Å². The maximum Gasteiger partial charge on any atom is 0.261 e. The molecule has 0 fully saturated rings. The van der Waals surface area contributed by atoms with E-state index in [4.69, 9.17) is 13.9 Å². The third-order valence-electron chi connectivity index (χ3n) is 5.94. The lowest BCUT2D eigenvalue weighted by Gasteiger charge is -2.32. The van der Waals surface area contributed by atoms with E-state index in [-0.39, 0.29) is 19.0 Å². The van der Waals surface area contributed by atoms with Crippen LogP contribution in [0.15, 0.2) is 82.8 Å². The maximum absolute atomic E-state index is 13.9. The van der Waals surface area contributed by atoms with Crippen LogP contribution in [0.5, 0.6) is 11.5 Å². The molecule has 0 bridgehead atoms. The van der Waals surface area contributed by atoms with Gasteiger partial charge in [-0.15, -0.1) is 11.3 Å². The molecule has 1 unspecified atom stereocenters. The van der Waals surface area contributed by atoms with Crippen molar-refractivity contribution >= 4 is 34.7 Å². The highest BCUT2D eigenvalue weighted by molar-refractivity contribution is 7.12. The molecule has 10 heteroatoms. The highest BCUT2D eigenvalue weighted by Crippen LogP contribution is 2.34. The van der Waals surface area contributed by atoms with Gasteiger partial charge in [0.2, 0.25) is 11.8 Å². The first kappa shape index (κ1) is 27.5. The monoisotopic (exact) mass is 547 g/mol. The summed E-state index contributed by atoms with van der Waals surface area (Å²) in [4.78, 5) is 42.1. The molecule has 0 aliphatic heterocycles. The van der Waals surface area contributed by atoms with Crippen LogP contribution in [0.2, 0.25) is 0 Å². The van der Waals surface area contributed by atoms with E-state index in [2.05, 4.69) is 10.6 Å². The number of nitrogens with one attached hydrogen (secondary N) is 2. The fourth-order valence-corrected chi connectivity index (χ4v) is 4.60. The largest absolute Gasteiger partial charge is 0.497 e. The zero-order valence-electron chi connectivity index (χ0n) is 21.8. The van der Waals surface area contributed by atoms with Crippen molar-refractivity contribution in [3.8, 4) is 11.5 Å². The topological polar surface area (TPSA) is 110 Å². The number of ether oxygens (including phenoxy) is 2. The SMILES string of the molecule is COc1cc(OC)cc(N(C(=O)CNC(=O)c2cccs2)C(C(=O)NCc2ccco2)c2ccc(C)cc2)c1. The van der Waals surface area contributed by atoms with Crippen LogP contribution in [0.1, 0.15) is 32.6 Å². The molecule has 1 atom stereocenters. The van der Waals surface area contributed by atoms with E-state index in [0.717, 1.165) is 5.56 Å². The molecule has 0 aliphatic rings. The first-order valence-electron chi connectivity index (χ1n) is 12.1. The van der Waals surface area contributed by atoms with Gasteiger partial charge in [-0.25, -0.2) is 0 Å². The molecule has 0 radical (unpaired) electrons. The number of nitrogens with zero attached hydrogens (tertiary/aromatic N) is 1. The summed E-state index contributed by atoms with van der Waals surface area (Å²) in [6.45, 7) is 1.72. The van der Waals surface area contributed by atoms with Gasteiger partial charge in [-0.2, -0.15) is 0 Å². The molecule has 2 N–H and O–H groups in total. The standard InChI is InChI=1S/C29H29N3O6S/c1-19-8-10-20(11-9-19)27(29(35)30-17-22-6-4-12-38-22)32(21-14-23(36-2)16-24(15-21)37-3)26(33)18-31-28(34)25-7-5-13-39-25/h4-16,27H,17-18H2,1-3H3,(H,30,35)(H,31,34). The average molecular weight is 548 g/mol. The number of hydrogen-bond acceptors (Lipinski definition) is 7. The van der Waals surface area contributed by atoms with Gasteiger partial charge < -0.3 is 24.5 Å². The summed E-state index contributed by atoms with van der Waals surface area (Å²) in [5.41, 5.74) is 1.94. The fraction of sp³-hybridized carbons (Fsp3) is 0.207. The number of furan rings is 1. The minimum absolute atomic E-state index is 0.132. The Bertz CT molecular complexity index is 1380. The zero-order valence-corrected chi connectivity index (χ0v) is 22.6. The smallest absolute Gasteiger partial charge is 0.261 e. The predicted molar refractivity (Wildman–Crippen MR) is 148 cm³/mol. The third-order valence-corrected chi connectivity index (χ3v) is 6.81. The first-order chi connectivity index (χ1) is 18.9. The van der Waals surface area contributed by atoms with Gasteiger partial charge in [0.25, 0.3) is 5.91 Å². The van der Waals surface area contributed by atoms with Gasteiger partial charge in [0, 0.05) is 18.2 Å². The molecule has 202 valence electrons. The Morgan fingerprint density at radius 2 is 1.67 bits per heavy atom. The van der Waals surface area contributed by atoms with E-state index < -0.39 is 17.9 Å². The number of amides is 3. The molecule has 3 amide bonds. The molecule has 2 aromatic carbocycles.